The zero-order valence-corrected chi connectivity index (χ0v) is 24.6. The van der Waals surface area contributed by atoms with Crippen LogP contribution in [0.3, 0.4) is 0 Å². The average molecular weight is 531 g/mol. The summed E-state index contributed by atoms with van der Waals surface area (Å²) < 4.78 is 18.9. The topological polar surface area (TPSA) is 85.2 Å². The van der Waals surface area contributed by atoms with E-state index in [0.717, 1.165) is 18.4 Å². The molecule has 0 spiro atoms. The van der Waals surface area contributed by atoms with Crippen LogP contribution in [0.5, 0.6) is 0 Å². The first-order valence-corrected chi connectivity index (χ1v) is 16.6. The number of ketones is 1. The van der Waals surface area contributed by atoms with E-state index in [0.29, 0.717) is 25.4 Å². The van der Waals surface area contributed by atoms with E-state index in [1.165, 1.54) is 0 Å². The van der Waals surface area contributed by atoms with Gasteiger partial charge in [-0.2, -0.15) is 0 Å². The Hall–Kier alpha value is -1.35. The van der Waals surface area contributed by atoms with E-state index in [2.05, 4.69) is 47.7 Å². The van der Waals surface area contributed by atoms with Crippen LogP contribution in [0.1, 0.15) is 65.9 Å². The third-order valence-electron chi connectivity index (χ3n) is 10.1. The van der Waals surface area contributed by atoms with Crippen molar-refractivity contribution < 1.29 is 28.9 Å². The predicted molar refractivity (Wildman–Crippen MR) is 146 cm³/mol. The zero-order valence-electron chi connectivity index (χ0n) is 23.6. The van der Waals surface area contributed by atoms with Gasteiger partial charge in [0, 0.05) is 13.0 Å². The Balaban J connectivity index is 1.65. The van der Waals surface area contributed by atoms with Crippen molar-refractivity contribution in [2.24, 2.45) is 16.7 Å². The quantitative estimate of drug-likeness (QED) is 0.329. The Morgan fingerprint density at radius 2 is 1.81 bits per heavy atom. The first-order valence-electron chi connectivity index (χ1n) is 13.7. The minimum Gasteiger partial charge on any atom is -0.417 e. The molecule has 1 saturated heterocycles. The number of carbonyl (C=O) groups is 1. The number of Topliss-reactive ketones (excluding diaryl/α,β-unsaturated/α-hetero) is 1. The van der Waals surface area contributed by atoms with Crippen molar-refractivity contribution >= 4 is 14.1 Å². The Labute approximate surface area is 223 Å². The second-order valence-corrected chi connectivity index (χ2v) is 18.2. The number of rotatable bonds is 9. The summed E-state index contributed by atoms with van der Waals surface area (Å²) in [6.45, 7) is 16.0. The number of hydrogen-bond acceptors (Lipinski definition) is 6. The molecule has 0 radical (unpaired) electrons. The molecule has 37 heavy (non-hydrogen) atoms. The highest BCUT2D eigenvalue weighted by Crippen LogP contribution is 2.64. The molecule has 1 aromatic rings. The normalized spacial score (nSPS) is 35.6. The van der Waals surface area contributed by atoms with Crippen molar-refractivity contribution in [2.45, 2.75) is 109 Å². The smallest absolute Gasteiger partial charge is 0.191 e. The minimum atomic E-state index is -1.99. The summed E-state index contributed by atoms with van der Waals surface area (Å²) in [5.41, 5.74) is -1.10. The summed E-state index contributed by atoms with van der Waals surface area (Å²) in [6.07, 6.45) is 3.39. The van der Waals surface area contributed by atoms with Gasteiger partial charge in [-0.15, -0.1) is 0 Å². The lowest BCUT2D eigenvalue weighted by atomic mass is 9.68. The van der Waals surface area contributed by atoms with Crippen LogP contribution in [0.2, 0.25) is 18.1 Å². The van der Waals surface area contributed by atoms with E-state index >= 15 is 0 Å². The van der Waals surface area contributed by atoms with E-state index in [-0.39, 0.29) is 22.8 Å². The molecule has 7 heteroatoms. The van der Waals surface area contributed by atoms with Crippen LogP contribution in [0.4, 0.5) is 0 Å². The molecule has 4 rings (SSSR count). The molecule has 2 saturated carbocycles. The molecule has 1 heterocycles. The Bertz CT molecular complexity index is 999. The lowest BCUT2D eigenvalue weighted by molar-refractivity contribution is -0.130. The number of carbonyl (C=O) groups excluding carboxylic acids is 1. The molecule has 2 bridgehead atoms. The summed E-state index contributed by atoms with van der Waals surface area (Å²) in [5, 5.41) is 22.1. The summed E-state index contributed by atoms with van der Waals surface area (Å²) in [7, 11) is -1.99. The van der Waals surface area contributed by atoms with Crippen molar-refractivity contribution in [1.29, 1.82) is 0 Å². The van der Waals surface area contributed by atoms with Gasteiger partial charge in [0.2, 0.25) is 0 Å². The molecule has 6 atom stereocenters. The Kier molecular flexibility index (Phi) is 7.74. The average Bonchev–Trinajstić information content (AvgIpc) is 3.29. The third kappa shape index (κ3) is 4.92. The summed E-state index contributed by atoms with van der Waals surface area (Å²) >= 11 is 0. The Morgan fingerprint density at radius 1 is 1.14 bits per heavy atom. The molecule has 0 unspecified atom stereocenters. The SMILES string of the molecule is CC1(C)[C@H]2CC[C@@]1(/C=C/[C@@]1(OCc3ccccc3)[C@@H](CCO[Si](C)(C)C(C)(C)C)O[C@H](O)[C@@H]1O)C(=O)C2. The van der Waals surface area contributed by atoms with Gasteiger partial charge in [0.05, 0.1) is 18.1 Å². The van der Waals surface area contributed by atoms with Gasteiger partial charge in [-0.25, -0.2) is 0 Å². The molecule has 0 amide bonds. The maximum atomic E-state index is 13.2. The fourth-order valence-corrected chi connectivity index (χ4v) is 7.34. The molecule has 1 aliphatic heterocycles. The maximum Gasteiger partial charge on any atom is 0.191 e. The molecular formula is C30H46O6Si. The fourth-order valence-electron chi connectivity index (χ4n) is 6.28. The van der Waals surface area contributed by atoms with Gasteiger partial charge in [-0.3, -0.25) is 4.79 Å². The summed E-state index contributed by atoms with van der Waals surface area (Å²) in [6, 6.07) is 9.77. The van der Waals surface area contributed by atoms with Gasteiger partial charge in [-0.1, -0.05) is 77.1 Å². The van der Waals surface area contributed by atoms with Crippen molar-refractivity contribution in [3.05, 3.63) is 48.0 Å². The third-order valence-corrected chi connectivity index (χ3v) is 14.7. The number of benzene rings is 1. The van der Waals surface area contributed by atoms with Crippen LogP contribution in [0.25, 0.3) is 0 Å². The van der Waals surface area contributed by atoms with Crippen LogP contribution >= 0.6 is 0 Å². The second-order valence-electron chi connectivity index (χ2n) is 13.4. The Morgan fingerprint density at radius 3 is 2.38 bits per heavy atom. The number of allylic oxidation sites excluding steroid dienone is 1. The van der Waals surface area contributed by atoms with E-state index in [1.54, 1.807) is 0 Å². The highest BCUT2D eigenvalue weighted by atomic mass is 28.4. The molecular weight excluding hydrogens is 484 g/mol. The van der Waals surface area contributed by atoms with Crippen LogP contribution in [-0.4, -0.2) is 55.0 Å². The molecule has 2 N–H and O–H groups in total. The van der Waals surface area contributed by atoms with Crippen molar-refractivity contribution in [3.8, 4) is 0 Å². The predicted octanol–water partition coefficient (Wildman–Crippen LogP) is 5.38. The standard InChI is InChI=1S/C30H46O6Si/c1-27(2,3)37(6,7)35-18-14-24-30(25(32)26(33)36-24,34-20-21-11-9-8-10-12-21)17-16-29-15-13-22(19-23(29)31)28(29,4)5/h8-12,16-17,22,24-26,32-33H,13-15,18-20H2,1-7H3/b17-16+/t22-,24+,25-,26-,29+,30+/m0/s1. The van der Waals surface area contributed by atoms with E-state index in [9.17, 15) is 15.0 Å². The molecule has 0 aromatic heterocycles. The molecule has 2 aliphatic carbocycles. The largest absolute Gasteiger partial charge is 0.417 e. The number of aliphatic hydroxyl groups excluding tert-OH is 2. The first-order chi connectivity index (χ1) is 17.2. The number of hydrogen-bond donors (Lipinski definition) is 2. The van der Waals surface area contributed by atoms with E-state index in [4.69, 9.17) is 13.9 Å². The van der Waals surface area contributed by atoms with Gasteiger partial charge in [0.1, 0.15) is 17.5 Å². The lowest BCUT2D eigenvalue weighted by Crippen LogP contribution is -2.50. The molecule has 3 fully saturated rings. The van der Waals surface area contributed by atoms with Gasteiger partial charge >= 0.3 is 0 Å². The molecule has 6 nitrogen and oxygen atoms in total. The van der Waals surface area contributed by atoms with Crippen LogP contribution in [0, 0.1) is 16.7 Å². The summed E-state index contributed by atoms with van der Waals surface area (Å²) in [5.74, 6) is 0.630. The van der Waals surface area contributed by atoms with E-state index < -0.39 is 37.8 Å². The molecule has 1 aromatic carbocycles. The first kappa shape index (κ1) is 28.6. The van der Waals surface area contributed by atoms with Gasteiger partial charge in [-0.05, 0) is 54.3 Å². The lowest BCUT2D eigenvalue weighted by Gasteiger charge is -2.39. The van der Waals surface area contributed by atoms with Gasteiger partial charge < -0.3 is 24.1 Å². The molecule has 3 aliphatic rings. The van der Waals surface area contributed by atoms with Crippen LogP contribution < -0.4 is 0 Å². The number of ether oxygens (including phenoxy) is 2. The van der Waals surface area contributed by atoms with Crippen LogP contribution in [-0.2, 0) is 25.3 Å². The zero-order chi connectivity index (χ0) is 27.3. The van der Waals surface area contributed by atoms with Gasteiger partial charge in [0.15, 0.2) is 14.6 Å². The number of fused-ring (bicyclic) bond motifs is 2. The fraction of sp³-hybridized carbons (Fsp3) is 0.700. The van der Waals surface area contributed by atoms with Crippen molar-refractivity contribution in [3.63, 3.8) is 0 Å². The second kappa shape index (κ2) is 9.99. The van der Waals surface area contributed by atoms with Gasteiger partial charge in [0.25, 0.3) is 0 Å². The van der Waals surface area contributed by atoms with Crippen molar-refractivity contribution in [1.82, 2.24) is 0 Å². The highest BCUT2D eigenvalue weighted by Gasteiger charge is 2.64. The maximum absolute atomic E-state index is 13.2. The number of aliphatic hydroxyl groups is 2. The monoisotopic (exact) mass is 530 g/mol. The molecule has 206 valence electrons. The summed E-state index contributed by atoms with van der Waals surface area (Å²) in [4.78, 5) is 13.2. The van der Waals surface area contributed by atoms with Crippen molar-refractivity contribution in [2.75, 3.05) is 6.61 Å². The van der Waals surface area contributed by atoms with Crippen LogP contribution in [0.15, 0.2) is 42.5 Å². The highest BCUT2D eigenvalue weighted by molar-refractivity contribution is 6.74. The van der Waals surface area contributed by atoms with E-state index in [1.807, 2.05) is 42.5 Å². The minimum absolute atomic E-state index is 0.0654.